The normalized spacial score (nSPS) is 14.9. The number of rotatable bonds is 7. The van der Waals surface area contributed by atoms with E-state index in [0.29, 0.717) is 29.4 Å². The molecule has 1 aliphatic heterocycles. The lowest BCUT2D eigenvalue weighted by molar-refractivity contribution is -0.137. The van der Waals surface area contributed by atoms with E-state index in [-0.39, 0.29) is 0 Å². The molecule has 2 aromatic heterocycles. The molecule has 5 rings (SSSR count). The molecule has 7 nitrogen and oxygen atoms in total. The summed E-state index contributed by atoms with van der Waals surface area (Å²) >= 11 is 0. The lowest BCUT2D eigenvalue weighted by Crippen LogP contribution is -2.44. The van der Waals surface area contributed by atoms with Crippen molar-refractivity contribution >= 4 is 22.7 Å². The minimum Gasteiger partial charge on any atom is -0.369 e. The predicted octanol–water partition coefficient (Wildman–Crippen LogP) is 5.13. The van der Waals surface area contributed by atoms with E-state index in [1.807, 2.05) is 16.7 Å². The fourth-order valence-electron chi connectivity index (χ4n) is 4.44. The van der Waals surface area contributed by atoms with Gasteiger partial charge in [0.25, 0.3) is 0 Å². The Hall–Kier alpha value is -3.66. The number of alkyl halides is 3. The van der Waals surface area contributed by atoms with Crippen molar-refractivity contribution in [3.05, 3.63) is 66.0 Å². The molecule has 194 valence electrons. The van der Waals surface area contributed by atoms with Crippen molar-refractivity contribution in [3.8, 4) is 11.4 Å². The van der Waals surface area contributed by atoms with Crippen molar-refractivity contribution in [1.82, 2.24) is 24.4 Å². The number of nitrogens with one attached hydrogen (secondary N) is 1. The van der Waals surface area contributed by atoms with E-state index in [1.165, 1.54) is 17.8 Å². The van der Waals surface area contributed by atoms with Crippen LogP contribution in [0.3, 0.4) is 0 Å². The number of aromatic nitrogens is 4. The molecule has 0 spiro atoms. The van der Waals surface area contributed by atoms with E-state index < -0.39 is 11.7 Å². The average molecular weight is 510 g/mol. The smallest absolute Gasteiger partial charge is 0.369 e. The van der Waals surface area contributed by atoms with Gasteiger partial charge in [-0.2, -0.15) is 13.2 Å². The van der Waals surface area contributed by atoms with Crippen LogP contribution in [0.25, 0.3) is 22.6 Å². The van der Waals surface area contributed by atoms with Gasteiger partial charge in [-0.15, -0.1) is 0 Å². The standard InChI is InChI=1S/C27H30F3N7/c1-3-12-31-25-23-26(37(18-32-23)17-19-4-8-21(9-5-19)27(28,29)30)34-24(33-25)20-6-10-22(11-7-20)36-15-13-35(2)14-16-36/h4-11,18H,3,12-17H2,1-2H3,(H,31,33,34). The summed E-state index contributed by atoms with van der Waals surface area (Å²) in [5.41, 5.74) is 3.40. The van der Waals surface area contributed by atoms with Crippen LogP contribution in [-0.2, 0) is 12.7 Å². The predicted molar refractivity (Wildman–Crippen MR) is 140 cm³/mol. The summed E-state index contributed by atoms with van der Waals surface area (Å²) in [5, 5.41) is 3.35. The van der Waals surface area contributed by atoms with Crippen LogP contribution in [0.5, 0.6) is 0 Å². The van der Waals surface area contributed by atoms with Crippen LogP contribution < -0.4 is 10.2 Å². The summed E-state index contributed by atoms with van der Waals surface area (Å²) in [4.78, 5) is 18.8. The van der Waals surface area contributed by atoms with Crippen LogP contribution in [0, 0.1) is 0 Å². The first-order valence-corrected chi connectivity index (χ1v) is 12.5. The molecular formula is C27H30F3N7. The molecule has 0 aliphatic carbocycles. The second-order valence-electron chi connectivity index (χ2n) is 9.40. The average Bonchev–Trinajstić information content (AvgIpc) is 3.30. The topological polar surface area (TPSA) is 62.1 Å². The molecule has 1 saturated heterocycles. The van der Waals surface area contributed by atoms with Crippen molar-refractivity contribution in [2.45, 2.75) is 26.1 Å². The van der Waals surface area contributed by atoms with Crippen molar-refractivity contribution in [3.63, 3.8) is 0 Å². The van der Waals surface area contributed by atoms with E-state index in [2.05, 4.69) is 46.2 Å². The monoisotopic (exact) mass is 509 g/mol. The zero-order valence-corrected chi connectivity index (χ0v) is 21.0. The first-order valence-electron chi connectivity index (χ1n) is 12.5. The number of hydrogen-bond acceptors (Lipinski definition) is 6. The zero-order valence-electron chi connectivity index (χ0n) is 21.0. The van der Waals surface area contributed by atoms with Crippen LogP contribution in [0.15, 0.2) is 54.9 Å². The number of benzene rings is 2. The molecule has 37 heavy (non-hydrogen) atoms. The minimum absolute atomic E-state index is 0.348. The number of halogens is 3. The Morgan fingerprint density at radius 1 is 0.919 bits per heavy atom. The van der Waals surface area contributed by atoms with Gasteiger partial charge in [0.1, 0.15) is 5.52 Å². The Kier molecular flexibility index (Phi) is 7.01. The summed E-state index contributed by atoms with van der Waals surface area (Å²) in [6.45, 7) is 7.22. The molecule has 0 radical (unpaired) electrons. The molecule has 1 aliphatic rings. The number of imidazole rings is 1. The third-order valence-corrected chi connectivity index (χ3v) is 6.63. The summed E-state index contributed by atoms with van der Waals surface area (Å²) in [6.07, 6.45) is -1.77. The highest BCUT2D eigenvalue weighted by Crippen LogP contribution is 2.30. The quantitative estimate of drug-likeness (QED) is 0.373. The lowest BCUT2D eigenvalue weighted by atomic mass is 10.1. The van der Waals surface area contributed by atoms with Gasteiger partial charge in [-0.1, -0.05) is 19.1 Å². The SMILES string of the molecule is CCCNc1nc(-c2ccc(N3CCN(C)CC3)cc2)nc2c1ncn2Cc1ccc(C(F)(F)F)cc1. The number of likely N-dealkylation sites (N-methyl/N-ethyl adjacent to an activating group) is 1. The molecule has 0 saturated carbocycles. The second-order valence-corrected chi connectivity index (χ2v) is 9.40. The Morgan fingerprint density at radius 3 is 2.27 bits per heavy atom. The number of nitrogens with zero attached hydrogens (tertiary/aromatic N) is 6. The molecule has 10 heteroatoms. The first kappa shape index (κ1) is 25.0. The number of piperazine rings is 1. The van der Waals surface area contributed by atoms with Crippen molar-refractivity contribution < 1.29 is 13.2 Å². The van der Waals surface area contributed by atoms with Crippen LogP contribution >= 0.6 is 0 Å². The fourth-order valence-corrected chi connectivity index (χ4v) is 4.44. The summed E-state index contributed by atoms with van der Waals surface area (Å²) < 4.78 is 40.7. The maximum absolute atomic E-state index is 13.0. The summed E-state index contributed by atoms with van der Waals surface area (Å²) in [5.74, 6) is 1.22. The van der Waals surface area contributed by atoms with Crippen molar-refractivity contribution in [2.75, 3.05) is 50.0 Å². The van der Waals surface area contributed by atoms with E-state index in [1.54, 1.807) is 6.33 Å². The highest BCUT2D eigenvalue weighted by Gasteiger charge is 2.30. The molecule has 1 N–H and O–H groups in total. The molecule has 0 amide bonds. The lowest BCUT2D eigenvalue weighted by Gasteiger charge is -2.34. The van der Waals surface area contributed by atoms with Crippen LogP contribution in [0.2, 0.25) is 0 Å². The van der Waals surface area contributed by atoms with Gasteiger partial charge in [0.2, 0.25) is 0 Å². The van der Waals surface area contributed by atoms with E-state index in [0.717, 1.165) is 62.4 Å². The molecular weight excluding hydrogens is 479 g/mol. The van der Waals surface area contributed by atoms with Gasteiger partial charge in [0, 0.05) is 44.0 Å². The largest absolute Gasteiger partial charge is 0.416 e. The molecule has 0 bridgehead atoms. The van der Waals surface area contributed by atoms with E-state index >= 15 is 0 Å². The molecule has 0 atom stereocenters. The van der Waals surface area contributed by atoms with E-state index in [9.17, 15) is 13.2 Å². The van der Waals surface area contributed by atoms with Gasteiger partial charge in [0.05, 0.1) is 18.4 Å². The highest BCUT2D eigenvalue weighted by atomic mass is 19.4. The zero-order chi connectivity index (χ0) is 26.0. The number of hydrogen-bond donors (Lipinski definition) is 1. The van der Waals surface area contributed by atoms with E-state index in [4.69, 9.17) is 9.97 Å². The van der Waals surface area contributed by atoms with Gasteiger partial charge >= 0.3 is 6.18 Å². The minimum atomic E-state index is -4.36. The molecule has 3 heterocycles. The molecule has 1 fully saturated rings. The molecule has 2 aromatic carbocycles. The number of anilines is 2. The van der Waals surface area contributed by atoms with Gasteiger partial charge < -0.3 is 19.7 Å². The molecule has 4 aromatic rings. The Bertz CT molecular complexity index is 1340. The Labute approximate surface area is 214 Å². The van der Waals surface area contributed by atoms with Gasteiger partial charge in [-0.3, -0.25) is 0 Å². The van der Waals surface area contributed by atoms with Gasteiger partial charge in [0.15, 0.2) is 17.3 Å². The van der Waals surface area contributed by atoms with Gasteiger partial charge in [-0.25, -0.2) is 15.0 Å². The number of fused-ring (bicyclic) bond motifs is 1. The van der Waals surface area contributed by atoms with Crippen molar-refractivity contribution in [2.24, 2.45) is 0 Å². The van der Waals surface area contributed by atoms with Crippen LogP contribution in [-0.4, -0.2) is 64.2 Å². The van der Waals surface area contributed by atoms with Gasteiger partial charge in [-0.05, 0) is 55.4 Å². The third-order valence-electron chi connectivity index (χ3n) is 6.63. The summed E-state index contributed by atoms with van der Waals surface area (Å²) in [6, 6.07) is 13.5. The Balaban J connectivity index is 1.45. The fraction of sp³-hybridized carbons (Fsp3) is 0.370. The Morgan fingerprint density at radius 2 is 1.62 bits per heavy atom. The first-order chi connectivity index (χ1) is 17.8. The maximum Gasteiger partial charge on any atom is 0.416 e. The van der Waals surface area contributed by atoms with Crippen molar-refractivity contribution in [1.29, 1.82) is 0 Å². The maximum atomic E-state index is 13.0. The summed E-state index contributed by atoms with van der Waals surface area (Å²) in [7, 11) is 2.14. The van der Waals surface area contributed by atoms with Crippen LogP contribution in [0.1, 0.15) is 24.5 Å². The second kappa shape index (κ2) is 10.4. The van der Waals surface area contributed by atoms with Crippen LogP contribution in [0.4, 0.5) is 24.7 Å². The highest BCUT2D eigenvalue weighted by molar-refractivity contribution is 5.85. The third kappa shape index (κ3) is 5.53. The molecule has 0 unspecified atom stereocenters.